The fourth-order valence-electron chi connectivity index (χ4n) is 5.88. The molecule has 0 amide bonds. The molecule has 2 aliphatic rings. The second-order valence-corrected chi connectivity index (χ2v) is 13.2. The van der Waals surface area contributed by atoms with Crippen molar-refractivity contribution in [1.82, 2.24) is 29.4 Å². The first-order chi connectivity index (χ1) is 18.6. The van der Waals surface area contributed by atoms with Crippen LogP contribution in [-0.2, 0) is 10.0 Å². The molecule has 0 saturated carbocycles. The largest absolute Gasteiger partial charge is 0.296 e. The van der Waals surface area contributed by atoms with Crippen LogP contribution in [0.3, 0.4) is 0 Å². The molecule has 3 aromatic rings. The summed E-state index contributed by atoms with van der Waals surface area (Å²) in [6.07, 6.45) is 8.90. The maximum Gasteiger partial charge on any atom is 0.208 e. The van der Waals surface area contributed by atoms with Crippen LogP contribution in [0.25, 0.3) is 16.7 Å². The number of aromatic nitrogens is 4. The third-order valence-electron chi connectivity index (χ3n) is 7.85. The van der Waals surface area contributed by atoms with Crippen LogP contribution in [0.5, 0.6) is 0 Å². The molecule has 5 rings (SSSR count). The van der Waals surface area contributed by atoms with Gasteiger partial charge in [0, 0.05) is 28.7 Å². The zero-order valence-corrected chi connectivity index (χ0v) is 24.4. The zero-order chi connectivity index (χ0) is 27.9. The second kappa shape index (κ2) is 11.1. The summed E-state index contributed by atoms with van der Waals surface area (Å²) in [6.45, 7) is 5.61. The van der Waals surface area contributed by atoms with E-state index in [1.807, 2.05) is 13.0 Å². The number of hydrogen-bond donors (Lipinski definition) is 1. The highest BCUT2D eigenvalue weighted by molar-refractivity contribution is 7.88. The first-order valence-corrected chi connectivity index (χ1v) is 15.7. The maximum atomic E-state index is 11.6. The van der Waals surface area contributed by atoms with E-state index in [1.54, 1.807) is 23.0 Å². The molecule has 1 saturated heterocycles. The Balaban J connectivity index is 1.42. The molecule has 206 valence electrons. The summed E-state index contributed by atoms with van der Waals surface area (Å²) >= 11 is 12.6. The van der Waals surface area contributed by atoms with Gasteiger partial charge in [-0.1, -0.05) is 42.3 Å². The van der Waals surface area contributed by atoms with Crippen molar-refractivity contribution in [3.8, 4) is 6.07 Å². The van der Waals surface area contributed by atoms with E-state index in [1.165, 1.54) is 6.26 Å². The lowest BCUT2D eigenvalue weighted by Crippen LogP contribution is -2.48. The molecule has 1 fully saturated rings. The number of sulfonamides is 1. The molecule has 0 bridgehead atoms. The van der Waals surface area contributed by atoms with Gasteiger partial charge in [0.2, 0.25) is 10.0 Å². The molecule has 0 radical (unpaired) electrons. The molecule has 39 heavy (non-hydrogen) atoms. The number of fused-ring (bicyclic) bond motifs is 1. The van der Waals surface area contributed by atoms with Gasteiger partial charge in [-0.15, -0.1) is 0 Å². The Labute approximate surface area is 238 Å². The van der Waals surface area contributed by atoms with Crippen LogP contribution in [0.2, 0.25) is 10.0 Å². The van der Waals surface area contributed by atoms with Gasteiger partial charge >= 0.3 is 0 Å². The molecule has 1 N–H and O–H groups in total. The van der Waals surface area contributed by atoms with Crippen molar-refractivity contribution < 1.29 is 8.42 Å². The first kappa shape index (κ1) is 28.0. The predicted octanol–water partition coefficient (Wildman–Crippen LogP) is 4.81. The van der Waals surface area contributed by atoms with E-state index in [9.17, 15) is 13.7 Å². The number of nitrogens with one attached hydrogen (secondary N) is 1. The lowest BCUT2D eigenvalue weighted by atomic mass is 9.83. The van der Waals surface area contributed by atoms with E-state index >= 15 is 0 Å². The Hall–Kier alpha value is -2.55. The van der Waals surface area contributed by atoms with Gasteiger partial charge < -0.3 is 0 Å². The highest BCUT2D eigenvalue weighted by Crippen LogP contribution is 2.37. The van der Waals surface area contributed by atoms with Crippen LogP contribution < -0.4 is 4.72 Å². The monoisotopic (exact) mass is 587 g/mol. The number of benzene rings is 1. The van der Waals surface area contributed by atoms with Crippen molar-refractivity contribution in [2.45, 2.75) is 57.7 Å². The van der Waals surface area contributed by atoms with Gasteiger partial charge in [-0.25, -0.2) is 27.8 Å². The van der Waals surface area contributed by atoms with Gasteiger partial charge in [-0.05, 0) is 68.3 Å². The number of rotatable bonds is 7. The minimum absolute atomic E-state index is 0.207. The Kier molecular flexibility index (Phi) is 8.00. The molecular formula is C27H31Cl2N7O2S. The van der Waals surface area contributed by atoms with E-state index in [0.717, 1.165) is 49.1 Å². The number of hydrogen-bond acceptors (Lipinski definition) is 7. The van der Waals surface area contributed by atoms with E-state index in [4.69, 9.17) is 28.2 Å². The van der Waals surface area contributed by atoms with Crippen molar-refractivity contribution in [1.29, 1.82) is 5.26 Å². The van der Waals surface area contributed by atoms with Crippen molar-refractivity contribution >= 4 is 50.0 Å². The summed E-state index contributed by atoms with van der Waals surface area (Å²) in [6, 6.07) is 7.71. The highest BCUT2D eigenvalue weighted by atomic mass is 35.5. The van der Waals surface area contributed by atoms with E-state index < -0.39 is 10.0 Å². The standard InChI is InChI=1S/C27H31Cl2N7O2S/c1-16-11-18(6-9-25(16)35-10-4-5-20(35)14-32-39(3,37)38)24-15-31-26-23(13-30)34-36(27(26)33-24)17(2)21-8-7-19(28)12-22(21)29/h6-8,12,15-17,20,25,32H,4-5,9-11,14H2,1-3H3. The number of likely N-dealkylation sites (tertiary alicyclic amines) is 1. The zero-order valence-electron chi connectivity index (χ0n) is 22.1. The summed E-state index contributed by atoms with van der Waals surface area (Å²) in [5, 5.41) is 15.3. The highest BCUT2D eigenvalue weighted by Gasteiger charge is 2.35. The Morgan fingerprint density at radius 1 is 1.31 bits per heavy atom. The molecule has 3 heterocycles. The molecule has 4 atom stereocenters. The second-order valence-electron chi connectivity index (χ2n) is 10.5. The molecule has 9 nitrogen and oxygen atoms in total. The molecule has 1 aromatic carbocycles. The predicted molar refractivity (Wildman–Crippen MR) is 153 cm³/mol. The Bertz CT molecular complexity index is 1580. The van der Waals surface area contributed by atoms with E-state index in [-0.39, 0.29) is 17.8 Å². The Morgan fingerprint density at radius 3 is 2.79 bits per heavy atom. The molecule has 2 aromatic heterocycles. The normalized spacial score (nSPS) is 23.1. The summed E-state index contributed by atoms with van der Waals surface area (Å²) in [4.78, 5) is 12.0. The molecule has 0 spiro atoms. The van der Waals surface area contributed by atoms with Gasteiger partial charge in [-0.3, -0.25) is 4.90 Å². The van der Waals surface area contributed by atoms with Crippen LogP contribution in [0.1, 0.15) is 62.5 Å². The summed E-state index contributed by atoms with van der Waals surface area (Å²) in [5.74, 6) is 0.354. The van der Waals surface area contributed by atoms with Crippen molar-refractivity contribution in [3.63, 3.8) is 0 Å². The van der Waals surface area contributed by atoms with Gasteiger partial charge in [-0.2, -0.15) is 10.4 Å². The Morgan fingerprint density at radius 2 is 2.10 bits per heavy atom. The lowest BCUT2D eigenvalue weighted by Gasteiger charge is -2.39. The first-order valence-electron chi connectivity index (χ1n) is 13.1. The molecule has 12 heteroatoms. The summed E-state index contributed by atoms with van der Waals surface area (Å²) < 4.78 is 27.7. The smallest absolute Gasteiger partial charge is 0.208 e. The molecule has 4 unspecified atom stereocenters. The third kappa shape index (κ3) is 5.83. The van der Waals surface area contributed by atoms with Gasteiger partial charge in [0.25, 0.3) is 0 Å². The van der Waals surface area contributed by atoms with Crippen molar-refractivity contribution in [2.75, 3.05) is 19.3 Å². The number of nitriles is 1. The van der Waals surface area contributed by atoms with Crippen LogP contribution in [0.15, 0.2) is 30.5 Å². The van der Waals surface area contributed by atoms with Gasteiger partial charge in [0.05, 0.1) is 24.2 Å². The summed E-state index contributed by atoms with van der Waals surface area (Å²) in [7, 11) is -3.22. The van der Waals surface area contributed by atoms with Crippen LogP contribution in [-0.4, -0.2) is 64.5 Å². The van der Waals surface area contributed by atoms with Crippen LogP contribution in [0, 0.1) is 17.2 Å². The number of allylic oxidation sites excluding steroid dienone is 1. The average molecular weight is 589 g/mol. The van der Waals surface area contributed by atoms with Crippen molar-refractivity contribution in [2.24, 2.45) is 5.92 Å². The minimum Gasteiger partial charge on any atom is -0.296 e. The average Bonchev–Trinajstić information content (AvgIpc) is 3.51. The SMILES string of the molecule is CC1CC(c2cnc3c(C#N)nn(C(C)c4ccc(Cl)cc4Cl)c3n2)=CCC1N1CCCC1CNS(C)(=O)=O. The third-order valence-corrected chi connectivity index (χ3v) is 9.11. The van der Waals surface area contributed by atoms with Gasteiger partial charge in [0.1, 0.15) is 11.6 Å². The quantitative estimate of drug-likeness (QED) is 0.421. The molecular weight excluding hydrogens is 557 g/mol. The molecule has 1 aliphatic heterocycles. The van der Waals surface area contributed by atoms with Crippen molar-refractivity contribution in [3.05, 3.63) is 57.5 Å². The van der Waals surface area contributed by atoms with Gasteiger partial charge in [0.15, 0.2) is 11.3 Å². The number of nitrogens with zero attached hydrogens (tertiary/aromatic N) is 6. The maximum absolute atomic E-state index is 11.6. The topological polar surface area (TPSA) is 117 Å². The van der Waals surface area contributed by atoms with Crippen LogP contribution >= 0.6 is 23.2 Å². The minimum atomic E-state index is -3.22. The summed E-state index contributed by atoms with van der Waals surface area (Å²) in [5.41, 5.74) is 3.91. The van der Waals surface area contributed by atoms with E-state index in [2.05, 4.69) is 38.8 Å². The fraction of sp³-hybridized carbons (Fsp3) is 0.481. The fourth-order valence-corrected chi connectivity index (χ4v) is 6.94. The lowest BCUT2D eigenvalue weighted by molar-refractivity contribution is 0.133. The molecule has 1 aliphatic carbocycles. The van der Waals surface area contributed by atoms with E-state index in [0.29, 0.717) is 39.7 Å². The number of halogens is 2. The van der Waals surface area contributed by atoms with Crippen LogP contribution in [0.4, 0.5) is 0 Å².